The molecule has 0 aliphatic heterocycles. The van der Waals surface area contributed by atoms with E-state index in [1.165, 1.54) is 73.4 Å². The zero-order chi connectivity index (χ0) is 41.9. The summed E-state index contributed by atoms with van der Waals surface area (Å²) >= 11 is 3.64. The Labute approximate surface area is 375 Å². The van der Waals surface area contributed by atoms with Crippen LogP contribution in [0, 0.1) is 0 Å². The van der Waals surface area contributed by atoms with Gasteiger partial charge in [0, 0.05) is 79.3 Å². The summed E-state index contributed by atoms with van der Waals surface area (Å²) in [4.78, 5) is 16.1. The van der Waals surface area contributed by atoms with Gasteiger partial charge in [-0.3, -0.25) is 0 Å². The van der Waals surface area contributed by atoms with Crippen LogP contribution >= 0.6 is 22.7 Å². The molecule has 6 heteroatoms. The number of hydrogen-bond acceptors (Lipinski definition) is 6. The van der Waals surface area contributed by atoms with Crippen LogP contribution in [0.5, 0.6) is 0 Å². The van der Waals surface area contributed by atoms with Crippen molar-refractivity contribution in [3.05, 3.63) is 199 Å². The van der Waals surface area contributed by atoms with Gasteiger partial charge in [0.1, 0.15) is 11.2 Å². The highest BCUT2D eigenvalue weighted by atomic mass is 32.1. The molecular formula is C58H35N3OS2. The number of thiophene rings is 2. The smallest absolute Gasteiger partial charge is 0.164 e. The van der Waals surface area contributed by atoms with E-state index in [0.717, 1.165) is 57.0 Å². The fourth-order valence-electron chi connectivity index (χ4n) is 10.3. The first-order chi connectivity index (χ1) is 31.7. The Hall–Kier alpha value is -7.51. The number of aryl methyl sites for hydroxylation is 1. The third-order valence-electron chi connectivity index (χ3n) is 13.3. The minimum absolute atomic E-state index is 0.0547. The molecule has 0 radical (unpaired) electrons. The van der Waals surface area contributed by atoms with Crippen molar-refractivity contribution in [3.63, 3.8) is 0 Å². The summed E-state index contributed by atoms with van der Waals surface area (Å²) in [7, 11) is 0. The summed E-state index contributed by atoms with van der Waals surface area (Å²) < 4.78 is 11.9. The van der Waals surface area contributed by atoms with Gasteiger partial charge in [-0.1, -0.05) is 109 Å². The Balaban J connectivity index is 1.01. The van der Waals surface area contributed by atoms with Crippen molar-refractivity contribution in [1.82, 2.24) is 15.0 Å². The van der Waals surface area contributed by atoms with Gasteiger partial charge in [-0.25, -0.2) is 15.0 Å². The van der Waals surface area contributed by atoms with Gasteiger partial charge >= 0.3 is 0 Å². The van der Waals surface area contributed by atoms with Crippen molar-refractivity contribution in [1.29, 1.82) is 0 Å². The lowest BCUT2D eigenvalue weighted by Crippen LogP contribution is -2.05. The molecule has 1 aliphatic carbocycles. The van der Waals surface area contributed by atoms with Crippen LogP contribution in [0.15, 0.2) is 186 Å². The lowest BCUT2D eigenvalue weighted by molar-refractivity contribution is 0.647. The molecule has 0 amide bonds. The fraction of sp³-hybridized carbons (Fsp3) is 0.0517. The zero-order valence-corrected chi connectivity index (χ0v) is 36.0. The van der Waals surface area contributed by atoms with Gasteiger partial charge in [0.15, 0.2) is 17.5 Å². The second-order valence-corrected chi connectivity index (χ2v) is 19.2. The van der Waals surface area contributed by atoms with Gasteiger partial charge in [-0.05, 0) is 119 Å². The Bertz CT molecular complexity index is 3930. The lowest BCUT2D eigenvalue weighted by Gasteiger charge is -2.20. The minimum Gasteiger partial charge on any atom is -0.456 e. The SMILES string of the molecule is c1ccc2c(c1)-c1cc3ccccc3cc1CCC2c1cc(-c2nc(-c3ccc4sc5ccccc5c4c3)nc(-c3ccc4sc5ccccc5c4c3)n2)cc2c1oc1ccccc12. The minimum atomic E-state index is 0.0547. The molecule has 0 saturated carbocycles. The maximum Gasteiger partial charge on any atom is 0.164 e. The molecule has 0 bridgehead atoms. The number of furan rings is 1. The first-order valence-corrected chi connectivity index (χ1v) is 23.5. The van der Waals surface area contributed by atoms with Gasteiger partial charge in [0.05, 0.1) is 0 Å². The molecule has 9 aromatic carbocycles. The van der Waals surface area contributed by atoms with E-state index in [-0.39, 0.29) is 5.92 Å². The highest BCUT2D eigenvalue weighted by molar-refractivity contribution is 7.26. The topological polar surface area (TPSA) is 51.8 Å². The van der Waals surface area contributed by atoms with Crippen molar-refractivity contribution in [3.8, 4) is 45.3 Å². The van der Waals surface area contributed by atoms with Crippen molar-refractivity contribution >= 4 is 95.7 Å². The normalized spacial score (nSPS) is 14.0. The van der Waals surface area contributed by atoms with Gasteiger partial charge < -0.3 is 4.42 Å². The van der Waals surface area contributed by atoms with Crippen LogP contribution in [-0.4, -0.2) is 15.0 Å². The highest BCUT2D eigenvalue weighted by Crippen LogP contribution is 2.47. The number of hydrogen-bond donors (Lipinski definition) is 0. The van der Waals surface area contributed by atoms with Crippen LogP contribution in [0.3, 0.4) is 0 Å². The predicted molar refractivity (Wildman–Crippen MR) is 269 cm³/mol. The van der Waals surface area contributed by atoms with E-state index in [9.17, 15) is 0 Å². The third kappa shape index (κ3) is 5.62. The molecule has 4 nitrogen and oxygen atoms in total. The van der Waals surface area contributed by atoms with Crippen molar-refractivity contribution in [2.75, 3.05) is 0 Å². The molecule has 0 saturated heterocycles. The first kappa shape index (κ1) is 36.0. The second kappa shape index (κ2) is 14.0. The summed E-state index contributed by atoms with van der Waals surface area (Å²) in [6.07, 6.45) is 1.86. The van der Waals surface area contributed by atoms with E-state index in [4.69, 9.17) is 19.4 Å². The molecule has 4 heterocycles. The molecule has 1 unspecified atom stereocenters. The molecule has 300 valence electrons. The average molecular weight is 854 g/mol. The molecule has 13 aromatic rings. The number of aromatic nitrogens is 3. The molecule has 1 atom stereocenters. The van der Waals surface area contributed by atoms with Crippen LogP contribution in [0.25, 0.3) is 118 Å². The second-order valence-electron chi connectivity index (χ2n) is 17.0. The number of benzene rings is 9. The summed E-state index contributed by atoms with van der Waals surface area (Å²) in [5.74, 6) is 1.98. The van der Waals surface area contributed by atoms with Gasteiger partial charge in [-0.15, -0.1) is 22.7 Å². The molecule has 4 aromatic heterocycles. The molecule has 0 spiro atoms. The Morgan fingerprint density at radius 2 is 0.953 bits per heavy atom. The first-order valence-electron chi connectivity index (χ1n) is 21.8. The largest absolute Gasteiger partial charge is 0.456 e. The molecule has 64 heavy (non-hydrogen) atoms. The van der Waals surface area contributed by atoms with Crippen molar-refractivity contribution in [2.24, 2.45) is 0 Å². The number of para-hydroxylation sites is 1. The summed E-state index contributed by atoms with van der Waals surface area (Å²) in [5.41, 5.74) is 11.1. The van der Waals surface area contributed by atoms with Gasteiger partial charge in [0.2, 0.25) is 0 Å². The summed E-state index contributed by atoms with van der Waals surface area (Å²) in [6, 6.07) is 66.0. The van der Waals surface area contributed by atoms with E-state index >= 15 is 0 Å². The average Bonchev–Trinajstić information content (AvgIpc) is 4.01. The quantitative estimate of drug-likeness (QED) is 0.177. The Morgan fingerprint density at radius 3 is 1.66 bits per heavy atom. The Kier molecular flexibility index (Phi) is 7.88. The van der Waals surface area contributed by atoms with Crippen LogP contribution < -0.4 is 0 Å². The Morgan fingerprint density at radius 1 is 0.406 bits per heavy atom. The van der Waals surface area contributed by atoms with Crippen LogP contribution in [0.4, 0.5) is 0 Å². The fourth-order valence-corrected chi connectivity index (χ4v) is 12.5. The molecule has 1 aliphatic rings. The van der Waals surface area contributed by atoms with Crippen molar-refractivity contribution < 1.29 is 4.42 Å². The standard InChI is InChI=1S/C58H35N3OS2/c1-2-12-34-28-45-35(27-33(34)11-1)21-24-41(39-13-3-4-14-40(39)45)48-31-38(32-49-42-15-5-8-18-50(42)62-55(48)49)58-60-56(36-22-25-53-46(29-36)43-16-6-9-19-51(43)63-53)59-57(61-58)37-23-26-54-47(30-37)44-17-7-10-20-52(44)64-54/h1-20,22-23,25-32,41H,21,24H2. The van der Waals surface area contributed by atoms with E-state index in [1.54, 1.807) is 0 Å². The third-order valence-corrected chi connectivity index (χ3v) is 15.6. The van der Waals surface area contributed by atoms with Crippen LogP contribution in [0.2, 0.25) is 0 Å². The number of nitrogens with zero attached hydrogens (tertiary/aromatic N) is 3. The highest BCUT2D eigenvalue weighted by Gasteiger charge is 2.28. The monoisotopic (exact) mass is 853 g/mol. The zero-order valence-electron chi connectivity index (χ0n) is 34.4. The van der Waals surface area contributed by atoms with Crippen molar-refractivity contribution in [2.45, 2.75) is 18.8 Å². The predicted octanol–water partition coefficient (Wildman–Crippen LogP) is 16.4. The van der Waals surface area contributed by atoms with E-state index in [0.29, 0.717) is 17.5 Å². The van der Waals surface area contributed by atoms with Crippen LogP contribution in [0.1, 0.15) is 29.0 Å². The summed E-state index contributed by atoms with van der Waals surface area (Å²) in [6.45, 7) is 0. The summed E-state index contributed by atoms with van der Waals surface area (Å²) in [5, 5.41) is 9.59. The number of rotatable bonds is 4. The van der Waals surface area contributed by atoms with Gasteiger partial charge in [0.25, 0.3) is 0 Å². The maximum absolute atomic E-state index is 6.90. The molecule has 0 fully saturated rings. The molecular weight excluding hydrogens is 819 g/mol. The van der Waals surface area contributed by atoms with Gasteiger partial charge in [-0.2, -0.15) is 0 Å². The molecule has 0 N–H and O–H groups in total. The maximum atomic E-state index is 6.90. The van der Waals surface area contributed by atoms with E-state index in [1.807, 2.05) is 22.7 Å². The van der Waals surface area contributed by atoms with E-state index < -0.39 is 0 Å². The van der Waals surface area contributed by atoms with Crippen LogP contribution in [-0.2, 0) is 6.42 Å². The molecule has 14 rings (SSSR count). The lowest BCUT2D eigenvalue weighted by atomic mass is 9.84. The van der Waals surface area contributed by atoms with E-state index in [2.05, 4.69) is 182 Å². The number of fused-ring (bicyclic) bond motifs is 13.